The first kappa shape index (κ1) is 12.6. The quantitative estimate of drug-likeness (QED) is 0.916. The number of anilines is 1. The smallest absolute Gasteiger partial charge is 0.267 e. The molecule has 0 saturated heterocycles. The molecular formula is C12H15N3O2S. The molecule has 18 heavy (non-hydrogen) atoms. The summed E-state index contributed by atoms with van der Waals surface area (Å²) in [4.78, 5) is 0.157. The molecule has 2 rings (SSSR count). The molecule has 6 heteroatoms. The van der Waals surface area contributed by atoms with E-state index in [0.717, 1.165) is 6.42 Å². The maximum absolute atomic E-state index is 12.2. The molecule has 1 heterocycles. The number of benzene rings is 1. The first-order chi connectivity index (χ1) is 8.55. The average molecular weight is 265 g/mol. The zero-order valence-corrected chi connectivity index (χ0v) is 11.1. The van der Waals surface area contributed by atoms with Gasteiger partial charge in [-0.1, -0.05) is 19.1 Å². The molecule has 5 nitrogen and oxygen atoms in total. The van der Waals surface area contributed by atoms with Gasteiger partial charge in [-0.25, -0.2) is 8.42 Å². The number of hydrogen-bond acceptors (Lipinski definition) is 3. The molecule has 0 amide bonds. The van der Waals surface area contributed by atoms with Gasteiger partial charge in [0.1, 0.15) is 4.90 Å². The van der Waals surface area contributed by atoms with Gasteiger partial charge in [0, 0.05) is 13.2 Å². The summed E-state index contributed by atoms with van der Waals surface area (Å²) in [6.45, 7) is 2.06. The third-order valence-electron chi connectivity index (χ3n) is 2.84. The molecule has 0 unspecified atom stereocenters. The van der Waals surface area contributed by atoms with Crippen LogP contribution in [0.2, 0.25) is 0 Å². The molecule has 1 aromatic heterocycles. The minimum absolute atomic E-state index is 0.157. The van der Waals surface area contributed by atoms with E-state index in [2.05, 4.69) is 17.1 Å². The normalized spacial score (nSPS) is 11.4. The van der Waals surface area contributed by atoms with Crippen molar-refractivity contribution in [3.05, 3.63) is 42.2 Å². The molecule has 1 N–H and O–H groups in total. The van der Waals surface area contributed by atoms with Gasteiger partial charge < -0.3 is 0 Å². The number of sulfonamides is 1. The number of nitrogens with zero attached hydrogens (tertiary/aromatic N) is 2. The van der Waals surface area contributed by atoms with Gasteiger partial charge in [-0.15, -0.1) is 0 Å². The van der Waals surface area contributed by atoms with Crippen molar-refractivity contribution in [1.29, 1.82) is 0 Å². The van der Waals surface area contributed by atoms with Crippen molar-refractivity contribution in [2.75, 3.05) is 11.4 Å². The maximum Gasteiger partial charge on any atom is 0.267 e. The largest absolute Gasteiger partial charge is 0.284 e. The van der Waals surface area contributed by atoms with Crippen LogP contribution in [-0.4, -0.2) is 25.7 Å². The van der Waals surface area contributed by atoms with Crippen molar-refractivity contribution in [3.8, 4) is 0 Å². The van der Waals surface area contributed by atoms with E-state index >= 15 is 0 Å². The summed E-state index contributed by atoms with van der Waals surface area (Å²) in [5, 5.41) is 6.17. The molecule has 96 valence electrons. The molecule has 0 aliphatic heterocycles. The zero-order chi connectivity index (χ0) is 13.2. The van der Waals surface area contributed by atoms with Crippen LogP contribution in [-0.2, 0) is 16.4 Å². The number of nitrogens with one attached hydrogen (secondary N) is 1. The Balaban J connectivity index is 2.33. The molecule has 2 aromatic rings. The maximum atomic E-state index is 12.2. The topological polar surface area (TPSA) is 66.1 Å². The molecule has 1 aromatic carbocycles. The number of H-pyrrole nitrogens is 1. The van der Waals surface area contributed by atoms with Gasteiger partial charge in [-0.3, -0.25) is 9.40 Å². The van der Waals surface area contributed by atoms with Crippen LogP contribution in [0.1, 0.15) is 12.5 Å². The predicted molar refractivity (Wildman–Crippen MR) is 70.0 cm³/mol. The van der Waals surface area contributed by atoms with E-state index in [1.54, 1.807) is 12.1 Å². The number of hydrogen-bond donors (Lipinski definition) is 1. The third kappa shape index (κ3) is 2.24. The van der Waals surface area contributed by atoms with E-state index in [4.69, 9.17) is 0 Å². The molecule has 0 atom stereocenters. The SMILES string of the molecule is CCc1ccc(N(C)S(=O)(=O)c2cn[nH]c2)cc1. The lowest BCUT2D eigenvalue weighted by atomic mass is 10.1. The Kier molecular flexibility index (Phi) is 3.38. The van der Waals surface area contributed by atoms with E-state index in [1.165, 1.54) is 29.3 Å². The molecule has 0 aliphatic rings. The summed E-state index contributed by atoms with van der Waals surface area (Å²) in [5.74, 6) is 0. The number of aromatic amines is 1. The summed E-state index contributed by atoms with van der Waals surface area (Å²) in [6, 6.07) is 7.46. The Labute approximate surface area is 107 Å². The van der Waals surface area contributed by atoms with E-state index < -0.39 is 10.0 Å². The van der Waals surface area contributed by atoms with Crippen LogP contribution in [0.25, 0.3) is 0 Å². The summed E-state index contributed by atoms with van der Waals surface area (Å²) in [5.41, 5.74) is 1.81. The molecule has 0 aliphatic carbocycles. The molecule has 0 spiro atoms. The highest BCUT2D eigenvalue weighted by Crippen LogP contribution is 2.21. The minimum Gasteiger partial charge on any atom is -0.284 e. The fourth-order valence-electron chi connectivity index (χ4n) is 1.62. The molecule has 0 bridgehead atoms. The third-order valence-corrected chi connectivity index (χ3v) is 4.59. The van der Waals surface area contributed by atoms with E-state index in [1.807, 2.05) is 12.1 Å². The summed E-state index contributed by atoms with van der Waals surface area (Å²) in [7, 11) is -2.00. The minimum atomic E-state index is -3.53. The van der Waals surface area contributed by atoms with Gasteiger partial charge in [0.05, 0.1) is 11.9 Å². The van der Waals surface area contributed by atoms with E-state index in [9.17, 15) is 8.42 Å². The first-order valence-corrected chi connectivity index (χ1v) is 7.06. The number of aryl methyl sites for hydroxylation is 1. The second kappa shape index (κ2) is 4.81. The van der Waals surface area contributed by atoms with E-state index in [0.29, 0.717) is 5.69 Å². The van der Waals surface area contributed by atoms with Crippen LogP contribution in [0.15, 0.2) is 41.6 Å². The number of aromatic nitrogens is 2. The van der Waals surface area contributed by atoms with Gasteiger partial charge in [-0.05, 0) is 24.1 Å². The van der Waals surface area contributed by atoms with Gasteiger partial charge in [-0.2, -0.15) is 5.10 Å². The first-order valence-electron chi connectivity index (χ1n) is 5.62. The van der Waals surface area contributed by atoms with Crippen molar-refractivity contribution < 1.29 is 8.42 Å². The van der Waals surface area contributed by atoms with Crippen molar-refractivity contribution >= 4 is 15.7 Å². The molecule has 0 saturated carbocycles. The van der Waals surface area contributed by atoms with Crippen LogP contribution in [0.3, 0.4) is 0 Å². The van der Waals surface area contributed by atoms with Crippen LogP contribution in [0, 0.1) is 0 Å². The molecular weight excluding hydrogens is 250 g/mol. The van der Waals surface area contributed by atoms with Crippen molar-refractivity contribution in [2.45, 2.75) is 18.2 Å². The van der Waals surface area contributed by atoms with Gasteiger partial charge in [0.2, 0.25) is 0 Å². The Morgan fingerprint density at radius 1 is 1.28 bits per heavy atom. The van der Waals surface area contributed by atoms with Gasteiger partial charge in [0.25, 0.3) is 10.0 Å². The zero-order valence-electron chi connectivity index (χ0n) is 10.3. The van der Waals surface area contributed by atoms with Crippen LogP contribution < -0.4 is 4.31 Å². The second-order valence-corrected chi connectivity index (χ2v) is 5.90. The van der Waals surface area contributed by atoms with Crippen LogP contribution in [0.5, 0.6) is 0 Å². The highest BCUT2D eigenvalue weighted by Gasteiger charge is 2.21. The fourth-order valence-corrected chi connectivity index (χ4v) is 2.72. The lowest BCUT2D eigenvalue weighted by Gasteiger charge is -2.18. The molecule has 0 fully saturated rings. The highest BCUT2D eigenvalue weighted by molar-refractivity contribution is 7.92. The summed E-state index contributed by atoms with van der Waals surface area (Å²) in [6.07, 6.45) is 3.59. The second-order valence-electron chi connectivity index (χ2n) is 3.93. The Bertz CT molecular complexity index is 603. The monoisotopic (exact) mass is 265 g/mol. The fraction of sp³-hybridized carbons (Fsp3) is 0.250. The Morgan fingerprint density at radius 3 is 2.44 bits per heavy atom. The Hall–Kier alpha value is -1.82. The predicted octanol–water partition coefficient (Wildman–Crippen LogP) is 1.80. The van der Waals surface area contributed by atoms with Gasteiger partial charge in [0.15, 0.2) is 0 Å². The van der Waals surface area contributed by atoms with Crippen molar-refractivity contribution in [3.63, 3.8) is 0 Å². The van der Waals surface area contributed by atoms with Gasteiger partial charge >= 0.3 is 0 Å². The number of rotatable bonds is 4. The molecule has 0 radical (unpaired) electrons. The van der Waals surface area contributed by atoms with E-state index in [-0.39, 0.29) is 4.90 Å². The highest BCUT2D eigenvalue weighted by atomic mass is 32.2. The average Bonchev–Trinajstić information content (AvgIpc) is 2.92. The van der Waals surface area contributed by atoms with Crippen LogP contribution >= 0.6 is 0 Å². The van der Waals surface area contributed by atoms with Crippen LogP contribution in [0.4, 0.5) is 5.69 Å². The lowest BCUT2D eigenvalue weighted by molar-refractivity contribution is 0.594. The summed E-state index contributed by atoms with van der Waals surface area (Å²) >= 11 is 0. The lowest BCUT2D eigenvalue weighted by Crippen LogP contribution is -2.26. The standard InChI is InChI=1S/C12H15N3O2S/c1-3-10-4-6-11(7-5-10)15(2)18(16,17)12-8-13-14-9-12/h4-9H,3H2,1-2H3,(H,13,14). The van der Waals surface area contributed by atoms with Crippen molar-refractivity contribution in [1.82, 2.24) is 10.2 Å². The Morgan fingerprint density at radius 2 is 1.94 bits per heavy atom. The van der Waals surface area contributed by atoms with Crippen molar-refractivity contribution in [2.24, 2.45) is 0 Å². The summed E-state index contributed by atoms with van der Waals surface area (Å²) < 4.78 is 25.7.